The van der Waals surface area contributed by atoms with Gasteiger partial charge in [0, 0.05) is 18.2 Å². The van der Waals surface area contributed by atoms with E-state index in [9.17, 15) is 13.6 Å². The molecule has 0 saturated heterocycles. The van der Waals surface area contributed by atoms with Gasteiger partial charge in [-0.05, 0) is 6.92 Å². The molecule has 15 heavy (non-hydrogen) atoms. The van der Waals surface area contributed by atoms with E-state index in [2.05, 4.69) is 0 Å². The molecule has 0 fully saturated rings. The molecule has 0 bridgehead atoms. The maximum absolute atomic E-state index is 12.7. The summed E-state index contributed by atoms with van der Waals surface area (Å²) in [5.74, 6) is 2.66. The quantitative estimate of drug-likeness (QED) is 0.444. The number of nitrogens with two attached hydrogens (primary N) is 1. The van der Waals surface area contributed by atoms with Gasteiger partial charge in [0.15, 0.2) is 6.10 Å². The van der Waals surface area contributed by atoms with Crippen molar-refractivity contribution in [1.82, 2.24) is 5.43 Å². The van der Waals surface area contributed by atoms with E-state index in [1.807, 2.05) is 5.43 Å². The maximum atomic E-state index is 12.7. The summed E-state index contributed by atoms with van der Waals surface area (Å²) in [5.41, 5.74) is 1.86. The van der Waals surface area contributed by atoms with Crippen LogP contribution in [-0.4, -0.2) is 12.0 Å². The van der Waals surface area contributed by atoms with Crippen molar-refractivity contribution in [3.8, 4) is 5.75 Å². The van der Waals surface area contributed by atoms with Crippen molar-refractivity contribution >= 4 is 5.91 Å². The SMILES string of the molecule is CC(Oc1cc(F)cc(F)c1)C(=O)NN. The van der Waals surface area contributed by atoms with Crippen molar-refractivity contribution in [2.75, 3.05) is 0 Å². The van der Waals surface area contributed by atoms with Crippen LogP contribution in [0.5, 0.6) is 5.75 Å². The molecule has 0 heterocycles. The number of amides is 1. The number of nitrogens with one attached hydrogen (secondary N) is 1. The Bertz CT molecular complexity index is 351. The fourth-order valence-corrected chi connectivity index (χ4v) is 0.972. The topological polar surface area (TPSA) is 64.3 Å². The number of carbonyl (C=O) groups excluding carboxylic acids is 1. The molecule has 0 aromatic heterocycles. The van der Waals surface area contributed by atoms with Crippen molar-refractivity contribution in [3.05, 3.63) is 29.8 Å². The third kappa shape index (κ3) is 3.17. The van der Waals surface area contributed by atoms with E-state index in [1.54, 1.807) is 0 Å². The Labute approximate surface area is 85.0 Å². The summed E-state index contributed by atoms with van der Waals surface area (Å²) in [4.78, 5) is 10.9. The van der Waals surface area contributed by atoms with Gasteiger partial charge in [0.2, 0.25) is 0 Å². The molecule has 0 spiro atoms. The van der Waals surface area contributed by atoms with Crippen molar-refractivity contribution in [3.63, 3.8) is 0 Å². The van der Waals surface area contributed by atoms with Crippen molar-refractivity contribution in [1.29, 1.82) is 0 Å². The Balaban J connectivity index is 2.76. The molecular weight excluding hydrogens is 206 g/mol. The van der Waals surface area contributed by atoms with Crippen LogP contribution in [0, 0.1) is 11.6 Å². The standard InChI is InChI=1S/C9H10F2N2O2/c1-5(9(14)13-12)15-8-3-6(10)2-7(11)4-8/h2-5H,12H2,1H3,(H,13,14). The van der Waals surface area contributed by atoms with Gasteiger partial charge in [0.05, 0.1) is 0 Å². The highest BCUT2D eigenvalue weighted by Crippen LogP contribution is 2.16. The molecule has 1 rings (SSSR count). The summed E-state index contributed by atoms with van der Waals surface area (Å²) < 4.78 is 30.4. The third-order valence-corrected chi connectivity index (χ3v) is 1.66. The second-order valence-electron chi connectivity index (χ2n) is 2.87. The van der Waals surface area contributed by atoms with Crippen LogP contribution in [0.2, 0.25) is 0 Å². The Hall–Kier alpha value is -1.69. The minimum Gasteiger partial charge on any atom is -0.481 e. The summed E-state index contributed by atoms with van der Waals surface area (Å²) in [5, 5.41) is 0. The first-order valence-corrected chi connectivity index (χ1v) is 4.16. The van der Waals surface area contributed by atoms with Gasteiger partial charge >= 0.3 is 0 Å². The van der Waals surface area contributed by atoms with Crippen molar-refractivity contribution in [2.24, 2.45) is 5.84 Å². The first kappa shape index (κ1) is 11.4. The van der Waals surface area contributed by atoms with E-state index in [-0.39, 0.29) is 5.75 Å². The predicted molar refractivity (Wildman–Crippen MR) is 48.8 cm³/mol. The molecule has 3 N–H and O–H groups in total. The molecule has 1 amide bonds. The summed E-state index contributed by atoms with van der Waals surface area (Å²) >= 11 is 0. The van der Waals surface area contributed by atoms with Gasteiger partial charge < -0.3 is 4.74 Å². The second-order valence-corrected chi connectivity index (χ2v) is 2.87. The van der Waals surface area contributed by atoms with Gasteiger partial charge in [0.1, 0.15) is 17.4 Å². The van der Waals surface area contributed by atoms with Crippen LogP contribution in [-0.2, 0) is 4.79 Å². The molecule has 1 unspecified atom stereocenters. The van der Waals surface area contributed by atoms with Crippen LogP contribution in [0.15, 0.2) is 18.2 Å². The Morgan fingerprint density at radius 3 is 2.40 bits per heavy atom. The number of benzene rings is 1. The summed E-state index contributed by atoms with van der Waals surface area (Å²) in [7, 11) is 0. The highest BCUT2D eigenvalue weighted by atomic mass is 19.1. The number of carbonyl (C=O) groups is 1. The van der Waals surface area contributed by atoms with E-state index in [0.717, 1.165) is 12.1 Å². The molecular formula is C9H10F2N2O2. The summed E-state index contributed by atoms with van der Waals surface area (Å²) in [6, 6.07) is 2.66. The first-order chi connectivity index (χ1) is 7.02. The number of hydrogen-bond acceptors (Lipinski definition) is 3. The highest BCUT2D eigenvalue weighted by Gasteiger charge is 2.13. The van der Waals surface area contributed by atoms with Crippen LogP contribution in [0.4, 0.5) is 8.78 Å². The highest BCUT2D eigenvalue weighted by molar-refractivity contribution is 5.80. The number of ether oxygens (including phenoxy) is 1. The largest absolute Gasteiger partial charge is 0.481 e. The second kappa shape index (κ2) is 4.70. The predicted octanol–water partition coefficient (Wildman–Crippen LogP) is 0.722. The lowest BCUT2D eigenvalue weighted by Crippen LogP contribution is -2.40. The van der Waals surface area contributed by atoms with Gasteiger partial charge in [-0.15, -0.1) is 0 Å². The van der Waals surface area contributed by atoms with E-state index in [1.165, 1.54) is 6.92 Å². The minimum atomic E-state index is -0.920. The molecule has 1 atom stereocenters. The smallest absolute Gasteiger partial charge is 0.274 e. The lowest BCUT2D eigenvalue weighted by molar-refractivity contribution is -0.127. The number of hydrazine groups is 1. The maximum Gasteiger partial charge on any atom is 0.274 e. The van der Waals surface area contributed by atoms with Crippen LogP contribution < -0.4 is 16.0 Å². The monoisotopic (exact) mass is 216 g/mol. The average molecular weight is 216 g/mol. The Morgan fingerprint density at radius 1 is 1.40 bits per heavy atom. The van der Waals surface area contributed by atoms with Gasteiger partial charge in [0.25, 0.3) is 5.91 Å². The number of rotatable bonds is 3. The lowest BCUT2D eigenvalue weighted by atomic mass is 10.3. The Morgan fingerprint density at radius 2 is 1.93 bits per heavy atom. The van der Waals surface area contributed by atoms with E-state index >= 15 is 0 Å². The molecule has 1 aromatic carbocycles. The van der Waals surface area contributed by atoms with Crippen LogP contribution in [0.3, 0.4) is 0 Å². The van der Waals surface area contributed by atoms with Crippen LogP contribution >= 0.6 is 0 Å². The van der Waals surface area contributed by atoms with Gasteiger partial charge in [-0.2, -0.15) is 0 Å². The summed E-state index contributed by atoms with van der Waals surface area (Å²) in [6.45, 7) is 1.41. The molecule has 0 aliphatic carbocycles. The molecule has 0 aliphatic heterocycles. The zero-order valence-electron chi connectivity index (χ0n) is 7.96. The lowest BCUT2D eigenvalue weighted by Gasteiger charge is -2.12. The minimum absolute atomic E-state index is 0.0661. The molecule has 0 radical (unpaired) electrons. The normalized spacial score (nSPS) is 12.0. The summed E-state index contributed by atoms with van der Waals surface area (Å²) in [6.07, 6.45) is -0.920. The number of hydrogen-bond donors (Lipinski definition) is 2. The molecule has 4 nitrogen and oxygen atoms in total. The molecule has 82 valence electrons. The first-order valence-electron chi connectivity index (χ1n) is 4.16. The molecule has 6 heteroatoms. The third-order valence-electron chi connectivity index (χ3n) is 1.66. The van der Waals surface area contributed by atoms with Gasteiger partial charge in [-0.3, -0.25) is 10.2 Å². The molecule has 0 saturated carbocycles. The molecule has 0 aliphatic rings. The Kier molecular flexibility index (Phi) is 3.56. The average Bonchev–Trinajstić information content (AvgIpc) is 2.14. The van der Waals surface area contributed by atoms with E-state index < -0.39 is 23.6 Å². The zero-order chi connectivity index (χ0) is 11.4. The van der Waals surface area contributed by atoms with Gasteiger partial charge in [-0.25, -0.2) is 14.6 Å². The fraction of sp³-hybridized carbons (Fsp3) is 0.222. The van der Waals surface area contributed by atoms with Crippen LogP contribution in [0.25, 0.3) is 0 Å². The van der Waals surface area contributed by atoms with Crippen molar-refractivity contribution in [2.45, 2.75) is 13.0 Å². The van der Waals surface area contributed by atoms with E-state index in [0.29, 0.717) is 6.07 Å². The van der Waals surface area contributed by atoms with Gasteiger partial charge in [-0.1, -0.05) is 0 Å². The zero-order valence-corrected chi connectivity index (χ0v) is 7.96. The fourth-order valence-electron chi connectivity index (χ4n) is 0.972. The van der Waals surface area contributed by atoms with E-state index in [4.69, 9.17) is 10.6 Å². The van der Waals surface area contributed by atoms with Crippen molar-refractivity contribution < 1.29 is 18.3 Å². The van der Waals surface area contributed by atoms with Crippen LogP contribution in [0.1, 0.15) is 6.92 Å². The number of halogens is 2. The molecule has 1 aromatic rings.